The molecule has 0 nitrogen and oxygen atoms in total. The molecule has 0 N–H and O–H groups in total. The zero-order valence-electron chi connectivity index (χ0n) is 7.16. The number of rotatable bonds is 2. The lowest BCUT2D eigenvalue weighted by molar-refractivity contribution is 1.29. The predicted octanol–water partition coefficient (Wildman–Crippen LogP) is 4.60. The van der Waals surface area contributed by atoms with Crippen LogP contribution in [0.5, 0.6) is 0 Å². The Labute approximate surface area is 94.4 Å². The third kappa shape index (κ3) is 2.03. The third-order valence-corrected chi connectivity index (χ3v) is 5.40. The number of halogens is 1. The van der Waals surface area contributed by atoms with E-state index in [4.69, 9.17) is 0 Å². The molecule has 2 heterocycles. The minimum absolute atomic E-state index is 0.381. The summed E-state index contributed by atoms with van der Waals surface area (Å²) in [4.78, 5) is 4.52. The zero-order valence-corrected chi connectivity index (χ0v) is 10.4. The summed E-state index contributed by atoms with van der Waals surface area (Å²) in [7, 11) is 0. The van der Waals surface area contributed by atoms with Crippen LogP contribution in [0.3, 0.4) is 0 Å². The Balaban J connectivity index is 2.28. The van der Waals surface area contributed by atoms with Crippen molar-refractivity contribution in [1.82, 2.24) is 0 Å². The first-order valence-corrected chi connectivity index (χ1v) is 6.62. The van der Waals surface area contributed by atoms with Gasteiger partial charge in [-0.15, -0.1) is 22.7 Å². The molecule has 0 bridgehead atoms. The summed E-state index contributed by atoms with van der Waals surface area (Å²) in [5.41, 5.74) is 0. The molecule has 0 fully saturated rings. The molecule has 1 unspecified atom stereocenters. The summed E-state index contributed by atoms with van der Waals surface area (Å²) in [5.74, 6) is 0. The van der Waals surface area contributed by atoms with Gasteiger partial charge in [-0.05, 0) is 30.5 Å². The van der Waals surface area contributed by atoms with Gasteiger partial charge in [-0.3, -0.25) is 0 Å². The lowest BCUT2D eigenvalue weighted by Gasteiger charge is -2.03. The second-order valence-electron chi connectivity index (χ2n) is 2.83. The van der Waals surface area contributed by atoms with E-state index in [1.54, 1.807) is 11.3 Å². The Kier molecular flexibility index (Phi) is 2.86. The molecule has 13 heavy (non-hydrogen) atoms. The zero-order chi connectivity index (χ0) is 9.26. The molecule has 0 saturated carbocycles. The molecule has 0 radical (unpaired) electrons. The first-order valence-electron chi connectivity index (χ1n) is 4.01. The minimum atomic E-state index is 0.381. The molecular weight excluding hydrogens is 264 g/mol. The van der Waals surface area contributed by atoms with Crippen LogP contribution in [0.1, 0.15) is 19.5 Å². The molecule has 2 aromatic rings. The highest BCUT2D eigenvalue weighted by Gasteiger charge is 2.12. The Morgan fingerprint density at radius 2 is 2.08 bits per heavy atom. The highest BCUT2D eigenvalue weighted by atomic mass is 79.9. The monoisotopic (exact) mass is 272 g/mol. The van der Waals surface area contributed by atoms with Crippen LogP contribution in [0, 0.1) is 6.92 Å². The second kappa shape index (κ2) is 3.95. The van der Waals surface area contributed by atoms with Crippen molar-refractivity contribution in [1.29, 1.82) is 0 Å². The van der Waals surface area contributed by atoms with Crippen LogP contribution < -0.4 is 0 Å². The first kappa shape index (κ1) is 9.44. The van der Waals surface area contributed by atoms with Crippen LogP contribution in [0.4, 0.5) is 0 Å². The average molecular weight is 273 g/mol. The van der Waals surface area contributed by atoms with Crippen LogP contribution in [0.25, 0.3) is 0 Å². The van der Waals surface area contributed by atoms with E-state index in [0.717, 1.165) is 0 Å². The molecule has 2 aromatic heterocycles. The first-order chi connectivity index (χ1) is 6.27. The largest absolute Gasteiger partial charge is 0.147 e. The summed E-state index contributed by atoms with van der Waals surface area (Å²) in [6, 6.07) is 8.62. The Morgan fingerprint density at radius 1 is 1.23 bits per heavy atom. The van der Waals surface area contributed by atoms with E-state index in [1.165, 1.54) is 14.6 Å². The maximum absolute atomic E-state index is 3.71. The van der Waals surface area contributed by atoms with E-state index >= 15 is 0 Å². The van der Waals surface area contributed by atoms with Gasteiger partial charge in [0.05, 0.1) is 4.83 Å². The summed E-state index contributed by atoms with van der Waals surface area (Å²) in [6.45, 7) is 2.14. The molecule has 0 aliphatic carbocycles. The van der Waals surface area contributed by atoms with E-state index in [0.29, 0.717) is 4.83 Å². The molecule has 1 atom stereocenters. The van der Waals surface area contributed by atoms with Crippen molar-refractivity contribution >= 4 is 38.6 Å². The fourth-order valence-corrected chi connectivity index (χ4v) is 3.74. The smallest absolute Gasteiger partial charge is 0.0831 e. The Bertz CT molecular complexity index is 375. The molecule has 0 aliphatic heterocycles. The molecule has 68 valence electrons. The van der Waals surface area contributed by atoms with Crippen LogP contribution in [0.15, 0.2) is 29.6 Å². The van der Waals surface area contributed by atoms with Gasteiger partial charge in [-0.1, -0.05) is 22.0 Å². The molecule has 0 aromatic carbocycles. The molecule has 0 aliphatic rings. The van der Waals surface area contributed by atoms with Crippen molar-refractivity contribution in [3.05, 3.63) is 44.3 Å². The average Bonchev–Trinajstić information content (AvgIpc) is 2.72. The highest BCUT2D eigenvalue weighted by molar-refractivity contribution is 9.09. The van der Waals surface area contributed by atoms with Crippen LogP contribution >= 0.6 is 38.6 Å². The van der Waals surface area contributed by atoms with E-state index in [9.17, 15) is 0 Å². The highest BCUT2D eigenvalue weighted by Crippen LogP contribution is 2.37. The van der Waals surface area contributed by atoms with E-state index < -0.39 is 0 Å². The molecule has 0 saturated heterocycles. The van der Waals surface area contributed by atoms with Gasteiger partial charge in [0.15, 0.2) is 0 Å². The lowest BCUT2D eigenvalue weighted by Crippen LogP contribution is -1.82. The SMILES string of the molecule is Cc1ccc(C(Br)c2cccs2)s1. The fraction of sp³-hybridized carbons (Fsp3) is 0.200. The maximum Gasteiger partial charge on any atom is 0.0831 e. The van der Waals surface area contributed by atoms with Gasteiger partial charge in [0.1, 0.15) is 0 Å². The number of alkyl halides is 1. The number of aryl methyl sites for hydroxylation is 1. The van der Waals surface area contributed by atoms with Crippen molar-refractivity contribution in [2.45, 2.75) is 11.8 Å². The van der Waals surface area contributed by atoms with E-state index in [-0.39, 0.29) is 0 Å². The van der Waals surface area contributed by atoms with E-state index in [2.05, 4.69) is 52.5 Å². The topological polar surface area (TPSA) is 0 Å². The molecule has 0 amide bonds. The van der Waals surface area contributed by atoms with Gasteiger partial charge in [0.2, 0.25) is 0 Å². The predicted molar refractivity (Wildman–Crippen MR) is 64.1 cm³/mol. The van der Waals surface area contributed by atoms with Crippen LogP contribution in [0.2, 0.25) is 0 Å². The van der Waals surface area contributed by atoms with Crippen molar-refractivity contribution in [3.8, 4) is 0 Å². The standard InChI is InChI=1S/C10H9BrS2/c1-7-4-5-9(13-7)10(11)8-3-2-6-12-8/h2-6,10H,1H3. The van der Waals surface area contributed by atoms with Gasteiger partial charge in [0, 0.05) is 14.6 Å². The summed E-state index contributed by atoms with van der Waals surface area (Å²) in [6.07, 6.45) is 0. The van der Waals surface area contributed by atoms with Gasteiger partial charge < -0.3 is 0 Å². The van der Waals surface area contributed by atoms with Gasteiger partial charge in [0.25, 0.3) is 0 Å². The number of hydrogen-bond donors (Lipinski definition) is 0. The van der Waals surface area contributed by atoms with Gasteiger partial charge in [-0.2, -0.15) is 0 Å². The summed E-state index contributed by atoms with van der Waals surface area (Å²) < 4.78 is 0. The molecule has 0 spiro atoms. The van der Waals surface area contributed by atoms with Gasteiger partial charge >= 0.3 is 0 Å². The van der Waals surface area contributed by atoms with E-state index in [1.807, 2.05) is 11.3 Å². The molecular formula is C10H9BrS2. The van der Waals surface area contributed by atoms with Crippen molar-refractivity contribution in [2.24, 2.45) is 0 Å². The quantitative estimate of drug-likeness (QED) is 0.701. The lowest BCUT2D eigenvalue weighted by atomic mass is 10.3. The minimum Gasteiger partial charge on any atom is -0.147 e. The number of thiophene rings is 2. The number of hydrogen-bond acceptors (Lipinski definition) is 2. The maximum atomic E-state index is 3.71. The molecule has 3 heteroatoms. The van der Waals surface area contributed by atoms with Crippen LogP contribution in [-0.4, -0.2) is 0 Å². The Morgan fingerprint density at radius 3 is 2.62 bits per heavy atom. The molecule has 2 rings (SSSR count). The Hall–Kier alpha value is -0.120. The summed E-state index contributed by atoms with van der Waals surface area (Å²) >= 11 is 7.36. The van der Waals surface area contributed by atoms with Crippen LogP contribution in [-0.2, 0) is 0 Å². The second-order valence-corrected chi connectivity index (χ2v) is 6.04. The van der Waals surface area contributed by atoms with Gasteiger partial charge in [-0.25, -0.2) is 0 Å². The van der Waals surface area contributed by atoms with Crippen molar-refractivity contribution < 1.29 is 0 Å². The third-order valence-electron chi connectivity index (χ3n) is 1.80. The van der Waals surface area contributed by atoms with Crippen molar-refractivity contribution in [3.63, 3.8) is 0 Å². The normalized spacial score (nSPS) is 13.1. The fourth-order valence-electron chi connectivity index (χ4n) is 1.17. The van der Waals surface area contributed by atoms with Crippen molar-refractivity contribution in [2.75, 3.05) is 0 Å². The summed E-state index contributed by atoms with van der Waals surface area (Å²) in [5, 5.41) is 2.12.